The molecule has 0 aromatic carbocycles. The molecule has 172 valence electrons. The first-order chi connectivity index (χ1) is 15.0. The van der Waals surface area contributed by atoms with Crippen LogP contribution in [-0.4, -0.2) is 33.3 Å². The van der Waals surface area contributed by atoms with Gasteiger partial charge in [0.15, 0.2) is 17.3 Å². The van der Waals surface area contributed by atoms with Crippen molar-refractivity contribution in [3.05, 3.63) is 41.4 Å². The lowest BCUT2D eigenvalue weighted by atomic mass is 9.79. The van der Waals surface area contributed by atoms with Crippen LogP contribution < -0.4 is 10.2 Å². The molecule has 1 fully saturated rings. The standard InChI is InChI=1S/C20H19F6N5O/c21-13-5-15-14(29-18(13)30-17(32)4-11-6-19(22,23)7-11)2-1-3-31(15)10-12-8-28-16(9-27-12)20(24,25)26/h5,8-9,11H,1-4,6-7,10H2,(H,29,30,32). The van der Waals surface area contributed by atoms with Crippen molar-refractivity contribution in [2.75, 3.05) is 16.8 Å². The summed E-state index contributed by atoms with van der Waals surface area (Å²) >= 11 is 0. The lowest BCUT2D eigenvalue weighted by Gasteiger charge is -2.34. The molecular weight excluding hydrogens is 440 g/mol. The number of hydrogen-bond acceptors (Lipinski definition) is 5. The van der Waals surface area contributed by atoms with Crippen molar-refractivity contribution < 1.29 is 31.1 Å². The van der Waals surface area contributed by atoms with E-state index in [1.165, 1.54) is 6.07 Å². The fraction of sp³-hybridized carbons (Fsp3) is 0.500. The third kappa shape index (κ3) is 4.94. The smallest absolute Gasteiger partial charge is 0.364 e. The average Bonchev–Trinajstić information content (AvgIpc) is 2.67. The molecule has 0 saturated heterocycles. The Balaban J connectivity index is 1.44. The van der Waals surface area contributed by atoms with Crippen LogP contribution in [0.1, 0.15) is 42.8 Å². The summed E-state index contributed by atoms with van der Waals surface area (Å²) in [6.45, 7) is 0.624. The number of aryl methyl sites for hydroxylation is 1. The van der Waals surface area contributed by atoms with Crippen LogP contribution in [0.5, 0.6) is 0 Å². The minimum Gasteiger partial charge on any atom is -0.364 e. The number of fused-ring (bicyclic) bond motifs is 1. The zero-order valence-corrected chi connectivity index (χ0v) is 16.7. The van der Waals surface area contributed by atoms with Crippen molar-refractivity contribution in [3.63, 3.8) is 0 Å². The van der Waals surface area contributed by atoms with Crippen molar-refractivity contribution in [1.82, 2.24) is 15.0 Å². The normalized spacial score (nSPS) is 18.1. The van der Waals surface area contributed by atoms with Gasteiger partial charge in [-0.1, -0.05) is 0 Å². The van der Waals surface area contributed by atoms with E-state index in [1.807, 2.05) is 0 Å². The predicted octanol–water partition coefficient (Wildman–Crippen LogP) is 4.36. The monoisotopic (exact) mass is 459 g/mol. The molecule has 1 N–H and O–H groups in total. The molecule has 1 aliphatic carbocycles. The lowest BCUT2D eigenvalue weighted by molar-refractivity contribution is -0.141. The first-order valence-electron chi connectivity index (χ1n) is 10.0. The van der Waals surface area contributed by atoms with E-state index in [1.54, 1.807) is 4.90 Å². The second-order valence-electron chi connectivity index (χ2n) is 8.08. The van der Waals surface area contributed by atoms with Crippen molar-refractivity contribution in [1.29, 1.82) is 0 Å². The van der Waals surface area contributed by atoms with Gasteiger partial charge in [0, 0.05) is 31.9 Å². The van der Waals surface area contributed by atoms with Crippen LogP contribution in [0.3, 0.4) is 0 Å². The molecule has 1 amide bonds. The van der Waals surface area contributed by atoms with E-state index >= 15 is 0 Å². The molecule has 32 heavy (non-hydrogen) atoms. The number of hydrogen-bond donors (Lipinski definition) is 1. The van der Waals surface area contributed by atoms with Gasteiger partial charge in [-0.15, -0.1) is 0 Å². The molecule has 0 atom stereocenters. The van der Waals surface area contributed by atoms with Crippen LogP contribution in [0.4, 0.5) is 37.8 Å². The highest BCUT2D eigenvalue weighted by Gasteiger charge is 2.45. The highest BCUT2D eigenvalue weighted by Crippen LogP contribution is 2.44. The van der Waals surface area contributed by atoms with Crippen LogP contribution >= 0.6 is 0 Å². The molecule has 2 aromatic rings. The minimum atomic E-state index is -4.59. The van der Waals surface area contributed by atoms with Gasteiger partial charge < -0.3 is 10.2 Å². The number of nitrogens with zero attached hydrogens (tertiary/aromatic N) is 4. The quantitative estimate of drug-likeness (QED) is 0.673. The topological polar surface area (TPSA) is 71.0 Å². The molecule has 6 nitrogen and oxygen atoms in total. The van der Waals surface area contributed by atoms with E-state index in [-0.39, 0.29) is 37.3 Å². The van der Waals surface area contributed by atoms with Gasteiger partial charge in [0.1, 0.15) is 0 Å². The maximum Gasteiger partial charge on any atom is 0.434 e. The van der Waals surface area contributed by atoms with Crippen molar-refractivity contribution in [2.45, 2.75) is 50.7 Å². The molecule has 1 saturated carbocycles. The fourth-order valence-electron chi connectivity index (χ4n) is 3.94. The van der Waals surface area contributed by atoms with Crippen LogP contribution in [0.15, 0.2) is 18.5 Å². The average molecular weight is 459 g/mol. The molecular formula is C20H19F6N5O. The summed E-state index contributed by atoms with van der Waals surface area (Å²) < 4.78 is 78.4. The molecule has 12 heteroatoms. The molecule has 2 aliphatic rings. The first-order valence-corrected chi connectivity index (χ1v) is 10.0. The van der Waals surface area contributed by atoms with Gasteiger partial charge in [0.05, 0.1) is 36.0 Å². The molecule has 0 radical (unpaired) electrons. The molecule has 1 aliphatic heterocycles. The summed E-state index contributed by atoms with van der Waals surface area (Å²) in [7, 11) is 0. The lowest BCUT2D eigenvalue weighted by Crippen LogP contribution is -2.37. The summed E-state index contributed by atoms with van der Waals surface area (Å²) in [5.74, 6) is -4.81. The Bertz CT molecular complexity index is 1000. The van der Waals surface area contributed by atoms with Gasteiger partial charge in [-0.3, -0.25) is 9.78 Å². The molecule has 0 spiro atoms. The first kappa shape index (κ1) is 22.3. The number of amides is 1. The van der Waals surface area contributed by atoms with E-state index in [4.69, 9.17) is 0 Å². The van der Waals surface area contributed by atoms with Crippen molar-refractivity contribution in [3.8, 4) is 0 Å². The summed E-state index contributed by atoms with van der Waals surface area (Å²) in [6.07, 6.45) is -2.59. The number of pyridine rings is 1. The van der Waals surface area contributed by atoms with E-state index < -0.39 is 35.4 Å². The highest BCUT2D eigenvalue weighted by molar-refractivity contribution is 5.90. The Hall–Kier alpha value is -2.92. The number of halogens is 6. The van der Waals surface area contributed by atoms with Gasteiger partial charge in [-0.2, -0.15) is 13.2 Å². The zero-order valence-electron chi connectivity index (χ0n) is 16.7. The van der Waals surface area contributed by atoms with E-state index in [2.05, 4.69) is 20.3 Å². The third-order valence-electron chi connectivity index (χ3n) is 5.47. The molecule has 3 heterocycles. The highest BCUT2D eigenvalue weighted by atomic mass is 19.4. The summed E-state index contributed by atoms with van der Waals surface area (Å²) in [5, 5.41) is 2.35. The zero-order chi connectivity index (χ0) is 23.1. The van der Waals surface area contributed by atoms with Gasteiger partial charge >= 0.3 is 6.18 Å². The minimum absolute atomic E-state index is 0.112. The maximum absolute atomic E-state index is 14.6. The second-order valence-corrected chi connectivity index (χ2v) is 8.08. The van der Waals surface area contributed by atoms with Crippen LogP contribution in [0, 0.1) is 11.7 Å². The molecule has 4 rings (SSSR count). The van der Waals surface area contributed by atoms with E-state index in [9.17, 15) is 31.1 Å². The number of alkyl halides is 5. The Kier molecular flexibility index (Phi) is 5.72. The second kappa shape index (κ2) is 8.21. The predicted molar refractivity (Wildman–Crippen MR) is 102 cm³/mol. The number of aromatic nitrogens is 3. The van der Waals surface area contributed by atoms with Crippen LogP contribution in [0.25, 0.3) is 0 Å². The Morgan fingerprint density at radius 1 is 1.22 bits per heavy atom. The Labute approximate surface area is 179 Å². The summed E-state index contributed by atoms with van der Waals surface area (Å²) in [5.41, 5.74) is 0.148. The summed E-state index contributed by atoms with van der Waals surface area (Å²) in [4.78, 5) is 25.2. The maximum atomic E-state index is 14.6. The largest absolute Gasteiger partial charge is 0.434 e. The van der Waals surface area contributed by atoms with Crippen LogP contribution in [-0.2, 0) is 23.9 Å². The van der Waals surface area contributed by atoms with Crippen LogP contribution in [0.2, 0.25) is 0 Å². The number of carbonyl (C=O) groups excluding carboxylic acids is 1. The number of rotatable bonds is 5. The molecule has 2 aromatic heterocycles. The van der Waals surface area contributed by atoms with Gasteiger partial charge in [-0.05, 0) is 18.8 Å². The number of nitrogens with one attached hydrogen (secondary N) is 1. The van der Waals surface area contributed by atoms with Crippen molar-refractivity contribution >= 4 is 17.4 Å². The Morgan fingerprint density at radius 2 is 1.97 bits per heavy atom. The van der Waals surface area contributed by atoms with Gasteiger partial charge in [-0.25, -0.2) is 23.1 Å². The van der Waals surface area contributed by atoms with E-state index in [0.29, 0.717) is 37.0 Å². The van der Waals surface area contributed by atoms with Crippen molar-refractivity contribution in [2.24, 2.45) is 5.92 Å². The molecule has 0 unspecified atom stereocenters. The number of carbonyl (C=O) groups is 1. The Morgan fingerprint density at radius 3 is 2.59 bits per heavy atom. The number of anilines is 2. The van der Waals surface area contributed by atoms with E-state index in [0.717, 1.165) is 6.20 Å². The van der Waals surface area contributed by atoms with Gasteiger partial charge in [0.2, 0.25) is 11.8 Å². The summed E-state index contributed by atoms with van der Waals surface area (Å²) in [6, 6.07) is 1.20. The molecule has 0 bridgehead atoms. The fourth-order valence-corrected chi connectivity index (χ4v) is 3.94. The van der Waals surface area contributed by atoms with Gasteiger partial charge in [0.25, 0.3) is 0 Å². The third-order valence-corrected chi connectivity index (χ3v) is 5.47. The SMILES string of the molecule is O=C(CC1CC(F)(F)C1)Nc1nc2c(cc1F)N(Cc1cnc(C(F)(F)F)cn1)CCC2.